The van der Waals surface area contributed by atoms with Gasteiger partial charge in [0.15, 0.2) is 0 Å². The van der Waals surface area contributed by atoms with Gasteiger partial charge < -0.3 is 14.5 Å². The van der Waals surface area contributed by atoms with Crippen molar-refractivity contribution in [3.05, 3.63) is 42.5 Å². The average Bonchev–Trinajstić information content (AvgIpc) is 2.63. The van der Waals surface area contributed by atoms with E-state index in [1.54, 1.807) is 17.0 Å². The van der Waals surface area contributed by atoms with Gasteiger partial charge >= 0.3 is 0 Å². The molecule has 1 aromatic heterocycles. The van der Waals surface area contributed by atoms with Gasteiger partial charge in [0, 0.05) is 44.9 Å². The van der Waals surface area contributed by atoms with Gasteiger partial charge in [-0.1, -0.05) is 0 Å². The summed E-state index contributed by atoms with van der Waals surface area (Å²) in [4.78, 5) is 24.3. The smallest absolute Gasteiger partial charge is 0.248 e. The van der Waals surface area contributed by atoms with Crippen molar-refractivity contribution >= 4 is 11.7 Å². The van der Waals surface area contributed by atoms with Gasteiger partial charge in [-0.05, 0) is 24.3 Å². The topological polar surface area (TPSA) is 58.6 Å². The Morgan fingerprint density at radius 2 is 1.88 bits per heavy atom. The average molecular weight is 330 g/mol. The van der Waals surface area contributed by atoms with Crippen molar-refractivity contribution in [3.8, 4) is 11.3 Å². The lowest BCUT2D eigenvalue weighted by Crippen LogP contribution is -2.50. The van der Waals surface area contributed by atoms with E-state index in [0.29, 0.717) is 26.2 Å². The van der Waals surface area contributed by atoms with Gasteiger partial charge in [0.05, 0.1) is 5.69 Å². The summed E-state index contributed by atoms with van der Waals surface area (Å²) in [5, 5.41) is 0. The Morgan fingerprint density at radius 1 is 1.17 bits per heavy atom. The van der Waals surface area contributed by atoms with Gasteiger partial charge in [0.1, 0.15) is 24.6 Å². The Hall–Kier alpha value is -2.54. The first-order chi connectivity index (χ1) is 11.7. The van der Waals surface area contributed by atoms with Crippen LogP contribution < -0.4 is 4.90 Å². The van der Waals surface area contributed by atoms with Gasteiger partial charge in [0.25, 0.3) is 0 Å². The molecule has 126 valence electrons. The van der Waals surface area contributed by atoms with Gasteiger partial charge in [-0.25, -0.2) is 14.4 Å². The van der Waals surface area contributed by atoms with Crippen LogP contribution in [0.1, 0.15) is 0 Å². The molecule has 0 bridgehead atoms. The van der Waals surface area contributed by atoms with E-state index in [9.17, 15) is 9.18 Å². The number of anilines is 1. The van der Waals surface area contributed by atoms with Crippen LogP contribution in [-0.4, -0.2) is 60.7 Å². The highest BCUT2D eigenvalue weighted by Crippen LogP contribution is 2.21. The fourth-order valence-electron chi connectivity index (χ4n) is 2.70. The number of piperazine rings is 1. The molecule has 24 heavy (non-hydrogen) atoms. The number of halogens is 1. The van der Waals surface area contributed by atoms with E-state index in [1.165, 1.54) is 25.6 Å². The van der Waals surface area contributed by atoms with Crippen LogP contribution >= 0.6 is 0 Å². The van der Waals surface area contributed by atoms with Gasteiger partial charge in [-0.3, -0.25) is 4.79 Å². The quantitative estimate of drug-likeness (QED) is 0.852. The molecule has 0 radical (unpaired) electrons. The predicted molar refractivity (Wildman–Crippen MR) is 88.1 cm³/mol. The van der Waals surface area contributed by atoms with Crippen LogP contribution in [-0.2, 0) is 9.53 Å². The third-order valence-electron chi connectivity index (χ3n) is 4.02. The molecule has 2 aromatic rings. The van der Waals surface area contributed by atoms with Crippen molar-refractivity contribution in [2.75, 3.05) is 44.8 Å². The molecule has 6 nitrogen and oxygen atoms in total. The SMILES string of the molecule is COCC(=O)N1CCN(c2cc(-c3ccc(F)cc3)ncn2)CC1. The molecular formula is C17H19FN4O2. The maximum Gasteiger partial charge on any atom is 0.248 e. The molecule has 1 aliphatic heterocycles. The molecule has 0 unspecified atom stereocenters. The summed E-state index contributed by atoms with van der Waals surface area (Å²) in [6, 6.07) is 8.11. The summed E-state index contributed by atoms with van der Waals surface area (Å²) in [6.07, 6.45) is 1.51. The lowest BCUT2D eigenvalue weighted by Gasteiger charge is -2.35. The molecule has 0 N–H and O–H groups in total. The van der Waals surface area contributed by atoms with Gasteiger partial charge in [0.2, 0.25) is 5.91 Å². The summed E-state index contributed by atoms with van der Waals surface area (Å²) in [5.41, 5.74) is 1.59. The standard InChI is InChI=1S/C17H19FN4O2/c1-24-11-17(23)22-8-6-21(7-9-22)16-10-15(19-12-20-16)13-2-4-14(18)5-3-13/h2-5,10,12H,6-9,11H2,1H3. The summed E-state index contributed by atoms with van der Waals surface area (Å²) in [7, 11) is 1.52. The van der Waals surface area contributed by atoms with E-state index in [0.717, 1.165) is 17.1 Å². The highest BCUT2D eigenvalue weighted by Gasteiger charge is 2.22. The molecule has 1 aromatic carbocycles. The van der Waals surface area contributed by atoms with Crippen LogP contribution in [0, 0.1) is 5.82 Å². The number of nitrogens with zero attached hydrogens (tertiary/aromatic N) is 4. The Bertz CT molecular complexity index is 700. The highest BCUT2D eigenvalue weighted by atomic mass is 19.1. The van der Waals surface area contributed by atoms with Crippen molar-refractivity contribution in [2.45, 2.75) is 0 Å². The monoisotopic (exact) mass is 330 g/mol. The highest BCUT2D eigenvalue weighted by molar-refractivity contribution is 5.77. The predicted octanol–water partition coefficient (Wildman–Crippen LogP) is 1.58. The van der Waals surface area contributed by atoms with Crippen LogP contribution in [0.3, 0.4) is 0 Å². The third-order valence-corrected chi connectivity index (χ3v) is 4.02. The van der Waals surface area contributed by atoms with Crippen LogP contribution in [0.25, 0.3) is 11.3 Å². The first kappa shape index (κ1) is 16.3. The van der Waals surface area contributed by atoms with Crippen molar-refractivity contribution < 1.29 is 13.9 Å². The molecule has 0 atom stereocenters. The van der Waals surface area contributed by atoms with Gasteiger partial charge in [-0.15, -0.1) is 0 Å². The fourth-order valence-corrected chi connectivity index (χ4v) is 2.70. The number of hydrogen-bond acceptors (Lipinski definition) is 5. The Balaban J connectivity index is 1.69. The number of ether oxygens (including phenoxy) is 1. The van der Waals surface area contributed by atoms with Crippen molar-refractivity contribution in [3.63, 3.8) is 0 Å². The van der Waals surface area contributed by atoms with Crippen molar-refractivity contribution in [1.29, 1.82) is 0 Å². The van der Waals surface area contributed by atoms with E-state index < -0.39 is 0 Å². The first-order valence-electron chi connectivity index (χ1n) is 7.77. The first-order valence-corrected chi connectivity index (χ1v) is 7.77. The second kappa shape index (κ2) is 7.35. The minimum absolute atomic E-state index is 0.00633. The zero-order valence-electron chi connectivity index (χ0n) is 13.5. The van der Waals surface area contributed by atoms with E-state index in [4.69, 9.17) is 4.74 Å². The molecule has 0 saturated carbocycles. The number of carbonyl (C=O) groups excluding carboxylic acids is 1. The maximum absolute atomic E-state index is 13.0. The normalized spacial score (nSPS) is 14.8. The summed E-state index contributed by atoms with van der Waals surface area (Å²) in [5.74, 6) is 0.542. The van der Waals surface area contributed by atoms with E-state index in [-0.39, 0.29) is 18.3 Å². The maximum atomic E-state index is 13.0. The molecule has 0 aliphatic carbocycles. The Labute approximate surface area is 139 Å². The van der Waals surface area contributed by atoms with Gasteiger partial charge in [-0.2, -0.15) is 0 Å². The second-order valence-corrected chi connectivity index (χ2v) is 5.57. The van der Waals surface area contributed by atoms with Crippen LogP contribution in [0.4, 0.5) is 10.2 Å². The van der Waals surface area contributed by atoms with Crippen molar-refractivity contribution in [1.82, 2.24) is 14.9 Å². The molecule has 1 aliphatic rings. The number of hydrogen-bond donors (Lipinski definition) is 0. The Morgan fingerprint density at radius 3 is 2.54 bits per heavy atom. The lowest BCUT2D eigenvalue weighted by atomic mass is 10.1. The summed E-state index contributed by atoms with van der Waals surface area (Å²) in [6.45, 7) is 2.79. The van der Waals surface area contributed by atoms with Crippen LogP contribution in [0.2, 0.25) is 0 Å². The molecule has 7 heteroatoms. The molecule has 0 spiro atoms. The van der Waals surface area contributed by atoms with Crippen molar-refractivity contribution in [2.24, 2.45) is 0 Å². The zero-order valence-corrected chi connectivity index (χ0v) is 13.5. The summed E-state index contributed by atoms with van der Waals surface area (Å²) >= 11 is 0. The fraction of sp³-hybridized carbons (Fsp3) is 0.353. The third kappa shape index (κ3) is 3.68. The summed E-state index contributed by atoms with van der Waals surface area (Å²) < 4.78 is 17.9. The molecule has 1 saturated heterocycles. The number of benzene rings is 1. The minimum atomic E-state index is -0.273. The number of aromatic nitrogens is 2. The molecule has 1 amide bonds. The molecule has 2 heterocycles. The van der Waals surface area contributed by atoms with Crippen LogP contribution in [0.5, 0.6) is 0 Å². The van der Waals surface area contributed by atoms with E-state index in [1.807, 2.05) is 6.07 Å². The Kier molecular flexibility index (Phi) is 5.00. The largest absolute Gasteiger partial charge is 0.375 e. The number of amides is 1. The number of carbonyl (C=O) groups is 1. The van der Waals surface area contributed by atoms with Crippen LogP contribution in [0.15, 0.2) is 36.7 Å². The number of rotatable bonds is 4. The minimum Gasteiger partial charge on any atom is -0.375 e. The molecule has 3 rings (SSSR count). The van der Waals surface area contributed by atoms with E-state index in [2.05, 4.69) is 14.9 Å². The molecule has 1 fully saturated rings. The number of methoxy groups -OCH3 is 1. The zero-order chi connectivity index (χ0) is 16.9. The second-order valence-electron chi connectivity index (χ2n) is 5.57. The molecular weight excluding hydrogens is 311 g/mol. The van der Waals surface area contributed by atoms with E-state index >= 15 is 0 Å². The lowest BCUT2D eigenvalue weighted by molar-refractivity contribution is -0.135.